The molecule has 1 aromatic carbocycles. The summed E-state index contributed by atoms with van der Waals surface area (Å²) in [7, 11) is 0.984. The molecular formula is C17H16F6N4O2. The van der Waals surface area contributed by atoms with E-state index < -0.39 is 41.4 Å². The number of nitrogens with zero attached hydrogens (tertiary/aromatic N) is 4. The molecule has 29 heavy (non-hydrogen) atoms. The summed E-state index contributed by atoms with van der Waals surface area (Å²) < 4.78 is 77.8. The first-order valence-electron chi connectivity index (χ1n) is 8.59. The average Bonchev–Trinajstić information content (AvgIpc) is 2.96. The SMILES string of the molecule is Cn1c(C(F)(F)F)nn(C2CCN(C(=O)c3ccc(C(F)(F)F)cc3)CC2)c1=O. The van der Waals surface area contributed by atoms with Crippen molar-refractivity contribution in [2.75, 3.05) is 13.1 Å². The van der Waals surface area contributed by atoms with Gasteiger partial charge in [-0.05, 0) is 37.1 Å². The lowest BCUT2D eigenvalue weighted by Crippen LogP contribution is -2.41. The Balaban J connectivity index is 1.69. The van der Waals surface area contributed by atoms with Gasteiger partial charge in [-0.3, -0.25) is 9.36 Å². The fraction of sp³-hybridized carbons (Fsp3) is 0.471. The van der Waals surface area contributed by atoms with Gasteiger partial charge in [0.2, 0.25) is 5.82 Å². The second-order valence-electron chi connectivity index (χ2n) is 6.71. The van der Waals surface area contributed by atoms with E-state index in [1.807, 2.05) is 0 Å². The molecule has 6 nitrogen and oxygen atoms in total. The Kier molecular flexibility index (Phi) is 5.22. The summed E-state index contributed by atoms with van der Waals surface area (Å²) >= 11 is 0. The predicted octanol–water partition coefficient (Wildman–Crippen LogP) is 3.10. The Morgan fingerprint density at radius 1 is 1.00 bits per heavy atom. The number of carbonyl (C=O) groups is 1. The Bertz CT molecular complexity index is 950. The Hall–Kier alpha value is -2.79. The number of hydrogen-bond acceptors (Lipinski definition) is 3. The number of carbonyl (C=O) groups excluding carboxylic acids is 1. The van der Waals surface area contributed by atoms with E-state index in [2.05, 4.69) is 5.10 Å². The third-order valence-electron chi connectivity index (χ3n) is 4.81. The number of likely N-dealkylation sites (tertiary alicyclic amines) is 1. The third kappa shape index (κ3) is 4.15. The number of hydrogen-bond donors (Lipinski definition) is 0. The van der Waals surface area contributed by atoms with Crippen LogP contribution >= 0.6 is 0 Å². The third-order valence-corrected chi connectivity index (χ3v) is 4.81. The van der Waals surface area contributed by atoms with E-state index in [9.17, 15) is 35.9 Å². The number of amides is 1. The minimum atomic E-state index is -4.77. The Labute approximate surface area is 160 Å². The first-order chi connectivity index (χ1) is 13.4. The maximum absolute atomic E-state index is 12.9. The molecule has 158 valence electrons. The van der Waals surface area contributed by atoms with Crippen molar-refractivity contribution in [3.63, 3.8) is 0 Å². The second-order valence-corrected chi connectivity index (χ2v) is 6.71. The van der Waals surface area contributed by atoms with Crippen LogP contribution in [0.15, 0.2) is 29.1 Å². The van der Waals surface area contributed by atoms with E-state index in [0.717, 1.165) is 36.0 Å². The normalized spacial score (nSPS) is 16.3. The first-order valence-corrected chi connectivity index (χ1v) is 8.59. The van der Waals surface area contributed by atoms with Gasteiger partial charge in [-0.2, -0.15) is 26.3 Å². The lowest BCUT2D eigenvalue weighted by Gasteiger charge is -2.31. The van der Waals surface area contributed by atoms with Gasteiger partial charge >= 0.3 is 18.0 Å². The van der Waals surface area contributed by atoms with Crippen LogP contribution < -0.4 is 5.69 Å². The molecule has 0 N–H and O–H groups in total. The molecule has 12 heteroatoms. The maximum Gasteiger partial charge on any atom is 0.451 e. The van der Waals surface area contributed by atoms with Gasteiger partial charge in [0.25, 0.3) is 5.91 Å². The van der Waals surface area contributed by atoms with Crippen molar-refractivity contribution in [3.8, 4) is 0 Å². The van der Waals surface area contributed by atoms with Gasteiger partial charge in [-0.25, -0.2) is 9.48 Å². The summed E-state index contributed by atoms with van der Waals surface area (Å²) in [5.74, 6) is -1.78. The van der Waals surface area contributed by atoms with E-state index in [0.29, 0.717) is 4.57 Å². The molecule has 0 unspecified atom stereocenters. The van der Waals surface area contributed by atoms with Crippen molar-refractivity contribution in [2.24, 2.45) is 7.05 Å². The van der Waals surface area contributed by atoms with Crippen LogP contribution in [0.5, 0.6) is 0 Å². The molecule has 1 aliphatic heterocycles. The van der Waals surface area contributed by atoms with Crippen molar-refractivity contribution in [2.45, 2.75) is 31.2 Å². The molecule has 1 saturated heterocycles. The lowest BCUT2D eigenvalue weighted by atomic mass is 10.0. The van der Waals surface area contributed by atoms with Crippen molar-refractivity contribution in [1.82, 2.24) is 19.2 Å². The molecule has 3 rings (SSSR count). The zero-order valence-corrected chi connectivity index (χ0v) is 15.1. The van der Waals surface area contributed by atoms with Crippen LogP contribution in [0.4, 0.5) is 26.3 Å². The molecule has 0 aliphatic carbocycles. The molecule has 0 atom stereocenters. The number of alkyl halides is 6. The van der Waals surface area contributed by atoms with Crippen LogP contribution in [-0.2, 0) is 19.4 Å². The zero-order valence-electron chi connectivity index (χ0n) is 15.1. The molecule has 0 saturated carbocycles. The van der Waals surface area contributed by atoms with Gasteiger partial charge < -0.3 is 4.90 Å². The van der Waals surface area contributed by atoms with Crippen LogP contribution in [0, 0.1) is 0 Å². The fourth-order valence-electron chi connectivity index (χ4n) is 3.24. The lowest BCUT2D eigenvalue weighted by molar-refractivity contribution is -0.147. The summed E-state index contributed by atoms with van der Waals surface area (Å²) in [5, 5.41) is 3.40. The molecule has 1 aliphatic rings. The summed E-state index contributed by atoms with van der Waals surface area (Å²) in [5.41, 5.74) is -1.70. The minimum absolute atomic E-state index is 0.0748. The number of rotatable bonds is 2. The fourth-order valence-corrected chi connectivity index (χ4v) is 3.24. The number of benzene rings is 1. The predicted molar refractivity (Wildman–Crippen MR) is 88.1 cm³/mol. The summed E-state index contributed by atoms with van der Waals surface area (Å²) in [4.78, 5) is 25.9. The molecule has 0 spiro atoms. The molecular weight excluding hydrogens is 406 g/mol. The van der Waals surface area contributed by atoms with Crippen molar-refractivity contribution >= 4 is 5.91 Å². The van der Waals surface area contributed by atoms with Crippen LogP contribution in [-0.4, -0.2) is 38.2 Å². The van der Waals surface area contributed by atoms with E-state index in [1.165, 1.54) is 4.90 Å². The number of aromatic nitrogens is 3. The first kappa shape index (κ1) is 20.9. The van der Waals surface area contributed by atoms with E-state index in [4.69, 9.17) is 0 Å². The highest BCUT2D eigenvalue weighted by atomic mass is 19.4. The Morgan fingerprint density at radius 2 is 1.55 bits per heavy atom. The average molecular weight is 422 g/mol. The zero-order chi connectivity index (χ0) is 21.6. The van der Waals surface area contributed by atoms with Gasteiger partial charge in [-0.15, -0.1) is 5.10 Å². The molecule has 1 fully saturated rings. The van der Waals surface area contributed by atoms with E-state index in [1.54, 1.807) is 0 Å². The van der Waals surface area contributed by atoms with Crippen molar-refractivity contribution in [3.05, 3.63) is 51.7 Å². The summed E-state index contributed by atoms with van der Waals surface area (Å²) in [6.07, 6.45) is -8.88. The summed E-state index contributed by atoms with van der Waals surface area (Å²) in [6, 6.07) is 3.17. The van der Waals surface area contributed by atoms with Crippen LogP contribution in [0.3, 0.4) is 0 Å². The molecule has 0 radical (unpaired) electrons. The molecule has 1 aromatic heterocycles. The van der Waals surface area contributed by atoms with Gasteiger partial charge in [0.1, 0.15) is 0 Å². The second kappa shape index (κ2) is 7.23. The highest BCUT2D eigenvalue weighted by molar-refractivity contribution is 5.94. The van der Waals surface area contributed by atoms with E-state index in [-0.39, 0.29) is 31.5 Å². The van der Waals surface area contributed by atoms with Crippen molar-refractivity contribution in [1.29, 1.82) is 0 Å². The number of halogens is 6. The molecule has 2 heterocycles. The number of piperidine rings is 1. The van der Waals surface area contributed by atoms with E-state index >= 15 is 0 Å². The highest BCUT2D eigenvalue weighted by Crippen LogP contribution is 2.30. The van der Waals surface area contributed by atoms with Gasteiger partial charge in [0.15, 0.2) is 0 Å². The monoisotopic (exact) mass is 422 g/mol. The highest BCUT2D eigenvalue weighted by Gasteiger charge is 2.39. The quantitative estimate of drug-likeness (QED) is 0.699. The van der Waals surface area contributed by atoms with Crippen LogP contribution in [0.25, 0.3) is 0 Å². The molecule has 1 amide bonds. The standard InChI is InChI=1S/C17H16F6N4O2/c1-25-14(17(21,22)23)24-27(15(25)29)12-6-8-26(9-7-12)13(28)10-2-4-11(5-3-10)16(18,19)20/h2-5,12H,6-9H2,1H3. The van der Waals surface area contributed by atoms with Crippen LogP contribution in [0.2, 0.25) is 0 Å². The minimum Gasteiger partial charge on any atom is -0.338 e. The van der Waals surface area contributed by atoms with Crippen LogP contribution in [0.1, 0.15) is 40.6 Å². The topological polar surface area (TPSA) is 60.1 Å². The summed E-state index contributed by atoms with van der Waals surface area (Å²) in [6.45, 7) is 0.268. The molecule has 2 aromatic rings. The van der Waals surface area contributed by atoms with Gasteiger partial charge in [-0.1, -0.05) is 0 Å². The van der Waals surface area contributed by atoms with Crippen molar-refractivity contribution < 1.29 is 31.1 Å². The van der Waals surface area contributed by atoms with Gasteiger partial charge in [0.05, 0.1) is 11.6 Å². The largest absolute Gasteiger partial charge is 0.451 e. The maximum atomic E-state index is 12.9. The molecule has 0 bridgehead atoms. The van der Waals surface area contributed by atoms with Gasteiger partial charge in [0, 0.05) is 25.7 Å². The smallest absolute Gasteiger partial charge is 0.338 e. The Morgan fingerprint density at radius 3 is 2.00 bits per heavy atom.